The smallest absolute Gasteiger partial charge is 0.306 e. The second-order valence-corrected chi connectivity index (χ2v) is 5.53. The monoisotopic (exact) mass is 342 g/mol. The molecule has 0 radical (unpaired) electrons. The number of esters is 2. The molecule has 1 aromatic rings. The number of benzene rings is 1. The van der Waals surface area contributed by atoms with E-state index < -0.39 is 17.6 Å². The van der Waals surface area contributed by atoms with Gasteiger partial charge in [0.15, 0.2) is 0 Å². The van der Waals surface area contributed by atoms with E-state index >= 15 is 0 Å². The maximum absolute atomic E-state index is 13.4. The van der Waals surface area contributed by atoms with Crippen LogP contribution in [0.15, 0.2) is 18.2 Å². The van der Waals surface area contributed by atoms with Gasteiger partial charge in [-0.25, -0.2) is 8.78 Å². The Kier molecular flexibility index (Phi) is 9.65. The van der Waals surface area contributed by atoms with Crippen LogP contribution >= 0.6 is 0 Å². The Bertz CT molecular complexity index is 532. The fraction of sp³-hybridized carbons (Fsp3) is 0.556. The van der Waals surface area contributed by atoms with Gasteiger partial charge in [-0.2, -0.15) is 0 Å². The normalized spacial score (nSPS) is 10.5. The lowest BCUT2D eigenvalue weighted by atomic mass is 10.2. The van der Waals surface area contributed by atoms with Crippen LogP contribution in [-0.2, 0) is 25.7 Å². The minimum atomic E-state index is -0.629. The first-order valence-electron chi connectivity index (χ1n) is 8.28. The lowest BCUT2D eigenvalue weighted by Gasteiger charge is -2.07. The molecule has 0 bridgehead atoms. The van der Waals surface area contributed by atoms with Crippen molar-refractivity contribution in [1.82, 2.24) is 0 Å². The third-order valence-electron chi connectivity index (χ3n) is 3.42. The van der Waals surface area contributed by atoms with E-state index in [1.54, 1.807) is 0 Å². The van der Waals surface area contributed by atoms with Crippen molar-refractivity contribution in [3.05, 3.63) is 35.4 Å². The topological polar surface area (TPSA) is 52.6 Å². The molecule has 0 spiro atoms. The molecule has 0 saturated heterocycles. The van der Waals surface area contributed by atoms with Gasteiger partial charge in [-0.15, -0.1) is 0 Å². The second-order valence-electron chi connectivity index (χ2n) is 5.53. The average molecular weight is 342 g/mol. The largest absolute Gasteiger partial charge is 0.466 e. The van der Waals surface area contributed by atoms with Crippen molar-refractivity contribution in [2.75, 3.05) is 6.61 Å². The van der Waals surface area contributed by atoms with Gasteiger partial charge in [0.05, 0.1) is 6.61 Å². The molecule has 0 unspecified atom stereocenters. The molecule has 0 heterocycles. The van der Waals surface area contributed by atoms with Crippen molar-refractivity contribution in [2.45, 2.75) is 58.5 Å². The third kappa shape index (κ3) is 8.60. The molecule has 0 atom stereocenters. The summed E-state index contributed by atoms with van der Waals surface area (Å²) in [6.07, 6.45) is 4.59. The van der Waals surface area contributed by atoms with Gasteiger partial charge in [-0.3, -0.25) is 9.59 Å². The van der Waals surface area contributed by atoms with Crippen LogP contribution in [0.3, 0.4) is 0 Å². The Hall–Kier alpha value is -1.98. The number of hydrogen-bond donors (Lipinski definition) is 0. The first kappa shape index (κ1) is 20.1. The highest BCUT2D eigenvalue weighted by Gasteiger charge is 2.10. The van der Waals surface area contributed by atoms with Gasteiger partial charge >= 0.3 is 11.9 Å². The Morgan fingerprint density at radius 2 is 1.67 bits per heavy atom. The summed E-state index contributed by atoms with van der Waals surface area (Å²) < 4.78 is 36.2. The van der Waals surface area contributed by atoms with E-state index in [4.69, 9.17) is 9.47 Å². The molecule has 6 heteroatoms. The zero-order chi connectivity index (χ0) is 17.8. The van der Waals surface area contributed by atoms with Crippen LogP contribution < -0.4 is 0 Å². The summed E-state index contributed by atoms with van der Waals surface area (Å²) in [6.45, 7) is 2.18. The fourth-order valence-corrected chi connectivity index (χ4v) is 2.05. The summed E-state index contributed by atoms with van der Waals surface area (Å²) >= 11 is 0. The van der Waals surface area contributed by atoms with E-state index in [0.29, 0.717) is 13.0 Å². The molecule has 0 fully saturated rings. The van der Waals surface area contributed by atoms with Gasteiger partial charge in [0.2, 0.25) is 0 Å². The molecule has 0 aliphatic rings. The molecule has 0 aliphatic heterocycles. The molecule has 0 saturated carbocycles. The standard InChI is InChI=1S/C18H24F2O4/c1-2-3-4-5-11-23-17(21)7-6-8-18(22)24-13-14-12-15(19)9-10-16(14)20/h9-10,12H,2-8,11,13H2,1H3. The lowest BCUT2D eigenvalue weighted by molar-refractivity contribution is -0.146. The Morgan fingerprint density at radius 1 is 0.958 bits per heavy atom. The molecule has 0 amide bonds. The van der Waals surface area contributed by atoms with Gasteiger partial charge in [0, 0.05) is 18.4 Å². The maximum Gasteiger partial charge on any atom is 0.306 e. The zero-order valence-electron chi connectivity index (χ0n) is 14.0. The highest BCUT2D eigenvalue weighted by Crippen LogP contribution is 2.11. The van der Waals surface area contributed by atoms with Crippen LogP contribution in [-0.4, -0.2) is 18.5 Å². The summed E-state index contributed by atoms with van der Waals surface area (Å²) in [4.78, 5) is 23.0. The number of hydrogen-bond acceptors (Lipinski definition) is 4. The van der Waals surface area contributed by atoms with Crippen molar-refractivity contribution in [1.29, 1.82) is 0 Å². The quantitative estimate of drug-likeness (QED) is 0.444. The molecule has 1 rings (SSSR count). The van der Waals surface area contributed by atoms with Crippen LogP contribution in [0.25, 0.3) is 0 Å². The number of halogens is 2. The van der Waals surface area contributed by atoms with E-state index in [2.05, 4.69) is 6.92 Å². The van der Waals surface area contributed by atoms with Crippen LogP contribution in [0.4, 0.5) is 8.78 Å². The molecule has 134 valence electrons. The van der Waals surface area contributed by atoms with E-state index in [9.17, 15) is 18.4 Å². The van der Waals surface area contributed by atoms with Crippen LogP contribution in [0, 0.1) is 11.6 Å². The van der Waals surface area contributed by atoms with Gasteiger partial charge in [0.25, 0.3) is 0 Å². The Morgan fingerprint density at radius 3 is 2.38 bits per heavy atom. The summed E-state index contributed by atoms with van der Waals surface area (Å²) in [5.41, 5.74) is -0.0187. The Balaban J connectivity index is 2.13. The van der Waals surface area contributed by atoms with Gasteiger partial charge < -0.3 is 9.47 Å². The average Bonchev–Trinajstić information content (AvgIpc) is 2.55. The molecule has 4 nitrogen and oxygen atoms in total. The summed E-state index contributed by atoms with van der Waals surface area (Å²) in [5.74, 6) is -2.12. The fourth-order valence-electron chi connectivity index (χ4n) is 2.05. The molecular formula is C18H24F2O4. The number of unbranched alkanes of at least 4 members (excludes halogenated alkanes) is 3. The first-order chi connectivity index (χ1) is 11.5. The summed E-state index contributed by atoms with van der Waals surface area (Å²) in [6, 6.07) is 2.96. The number of carbonyl (C=O) groups is 2. The molecular weight excluding hydrogens is 318 g/mol. The van der Waals surface area contributed by atoms with Crippen molar-refractivity contribution in [2.24, 2.45) is 0 Å². The second kappa shape index (κ2) is 11.5. The first-order valence-corrected chi connectivity index (χ1v) is 8.28. The van der Waals surface area contributed by atoms with Gasteiger partial charge in [-0.05, 0) is 31.0 Å². The summed E-state index contributed by atoms with van der Waals surface area (Å²) in [5, 5.41) is 0. The van der Waals surface area contributed by atoms with Gasteiger partial charge in [0.1, 0.15) is 18.2 Å². The van der Waals surface area contributed by atoms with Crippen molar-refractivity contribution in [3.8, 4) is 0 Å². The van der Waals surface area contributed by atoms with E-state index in [0.717, 1.165) is 43.9 Å². The predicted octanol–water partition coefficient (Wildman–Crippen LogP) is 4.30. The number of carbonyl (C=O) groups excluding carboxylic acids is 2. The van der Waals surface area contributed by atoms with E-state index in [-0.39, 0.29) is 31.0 Å². The summed E-state index contributed by atoms with van der Waals surface area (Å²) in [7, 11) is 0. The van der Waals surface area contributed by atoms with Crippen molar-refractivity contribution >= 4 is 11.9 Å². The van der Waals surface area contributed by atoms with E-state index in [1.807, 2.05) is 0 Å². The number of ether oxygens (including phenoxy) is 2. The Labute approximate surface area is 141 Å². The number of rotatable bonds is 11. The third-order valence-corrected chi connectivity index (χ3v) is 3.42. The molecule has 0 aromatic heterocycles. The van der Waals surface area contributed by atoms with Gasteiger partial charge in [-0.1, -0.05) is 26.2 Å². The maximum atomic E-state index is 13.4. The van der Waals surface area contributed by atoms with Crippen LogP contribution in [0.2, 0.25) is 0 Å². The van der Waals surface area contributed by atoms with Crippen LogP contribution in [0.1, 0.15) is 57.4 Å². The van der Waals surface area contributed by atoms with Crippen molar-refractivity contribution < 1.29 is 27.8 Å². The van der Waals surface area contributed by atoms with Crippen LogP contribution in [0.5, 0.6) is 0 Å². The zero-order valence-corrected chi connectivity index (χ0v) is 14.0. The molecule has 0 N–H and O–H groups in total. The molecule has 24 heavy (non-hydrogen) atoms. The van der Waals surface area contributed by atoms with E-state index in [1.165, 1.54) is 0 Å². The molecule has 0 aliphatic carbocycles. The highest BCUT2D eigenvalue weighted by molar-refractivity contribution is 5.72. The minimum absolute atomic E-state index is 0.0187. The SMILES string of the molecule is CCCCCCOC(=O)CCCC(=O)OCc1cc(F)ccc1F. The lowest BCUT2D eigenvalue weighted by Crippen LogP contribution is -2.09. The molecule has 1 aromatic carbocycles. The minimum Gasteiger partial charge on any atom is -0.466 e. The highest BCUT2D eigenvalue weighted by atomic mass is 19.1. The predicted molar refractivity (Wildman–Crippen MR) is 85.1 cm³/mol. The van der Waals surface area contributed by atoms with Crippen molar-refractivity contribution in [3.63, 3.8) is 0 Å².